The molecule has 30 heavy (non-hydrogen) atoms. The summed E-state index contributed by atoms with van der Waals surface area (Å²) in [5.74, 6) is -0.267. The summed E-state index contributed by atoms with van der Waals surface area (Å²) in [6, 6.07) is 7.33. The Hall–Kier alpha value is -3.36. The van der Waals surface area contributed by atoms with Gasteiger partial charge in [0.25, 0.3) is 11.6 Å². The molecule has 0 aliphatic carbocycles. The van der Waals surface area contributed by atoms with E-state index in [4.69, 9.17) is 9.15 Å². The summed E-state index contributed by atoms with van der Waals surface area (Å²) in [5, 5.41) is 14.2. The Bertz CT molecular complexity index is 911. The van der Waals surface area contributed by atoms with Crippen molar-refractivity contribution in [2.24, 2.45) is 5.92 Å². The molecule has 1 aromatic heterocycles. The van der Waals surface area contributed by atoms with E-state index in [1.165, 1.54) is 18.4 Å². The Balaban J connectivity index is 1.63. The van der Waals surface area contributed by atoms with Crippen LogP contribution in [0.5, 0.6) is 0 Å². The van der Waals surface area contributed by atoms with E-state index in [1.54, 1.807) is 25.1 Å². The lowest BCUT2D eigenvalue weighted by molar-refractivity contribution is -0.384. The third-order valence-electron chi connectivity index (χ3n) is 5.09. The van der Waals surface area contributed by atoms with E-state index in [2.05, 4.69) is 12.2 Å². The first-order chi connectivity index (χ1) is 14.3. The van der Waals surface area contributed by atoms with Crippen LogP contribution in [-0.4, -0.2) is 36.5 Å². The van der Waals surface area contributed by atoms with E-state index in [1.807, 2.05) is 4.90 Å². The number of amides is 1. The van der Waals surface area contributed by atoms with Gasteiger partial charge >= 0.3 is 5.97 Å². The monoisotopic (exact) mass is 415 g/mol. The van der Waals surface area contributed by atoms with Gasteiger partial charge in [-0.25, -0.2) is 4.79 Å². The average Bonchev–Trinajstić information content (AvgIpc) is 3.26. The van der Waals surface area contributed by atoms with Crippen LogP contribution in [-0.2, 0) is 9.53 Å². The van der Waals surface area contributed by atoms with Crippen molar-refractivity contribution in [2.45, 2.75) is 32.7 Å². The molecule has 2 heterocycles. The van der Waals surface area contributed by atoms with Gasteiger partial charge in [-0.05, 0) is 49.9 Å². The lowest BCUT2D eigenvalue weighted by Crippen LogP contribution is -2.34. The Morgan fingerprint density at radius 2 is 2.20 bits per heavy atom. The number of rotatable bonds is 7. The fourth-order valence-corrected chi connectivity index (χ4v) is 3.58. The molecular formula is C21H25N3O6. The minimum absolute atomic E-state index is 0.0300. The van der Waals surface area contributed by atoms with Gasteiger partial charge in [0, 0.05) is 19.2 Å². The van der Waals surface area contributed by atoms with E-state index in [0.29, 0.717) is 17.4 Å². The van der Waals surface area contributed by atoms with Crippen molar-refractivity contribution in [1.29, 1.82) is 0 Å². The van der Waals surface area contributed by atoms with Gasteiger partial charge in [-0.2, -0.15) is 0 Å². The highest BCUT2D eigenvalue weighted by molar-refractivity contribution is 5.93. The van der Waals surface area contributed by atoms with Crippen molar-refractivity contribution in [3.63, 3.8) is 0 Å². The molecule has 1 fully saturated rings. The van der Waals surface area contributed by atoms with E-state index in [-0.39, 0.29) is 17.3 Å². The van der Waals surface area contributed by atoms with Gasteiger partial charge in [-0.1, -0.05) is 6.92 Å². The van der Waals surface area contributed by atoms with Gasteiger partial charge in [0.05, 0.1) is 22.8 Å². The lowest BCUT2D eigenvalue weighted by atomic mass is 9.99. The van der Waals surface area contributed by atoms with Crippen LogP contribution in [0.25, 0.3) is 0 Å². The molecular weight excluding hydrogens is 390 g/mol. The predicted molar refractivity (Wildman–Crippen MR) is 109 cm³/mol. The van der Waals surface area contributed by atoms with Gasteiger partial charge in [0.1, 0.15) is 11.4 Å². The number of hydrogen-bond acceptors (Lipinski definition) is 7. The number of esters is 1. The zero-order valence-electron chi connectivity index (χ0n) is 17.0. The standard InChI is InChI=1S/C21H25N3O6/c1-14-5-3-9-23(12-14)17-8-7-16(11-18(17)24(27)28)21(26)30-13-20(25)22-15(2)19-6-4-10-29-19/h4,6-8,10-11,14-15H,3,5,9,12-13H2,1-2H3,(H,22,25)/t14-,15-/m0/s1. The minimum atomic E-state index is -0.794. The highest BCUT2D eigenvalue weighted by Crippen LogP contribution is 2.32. The van der Waals surface area contributed by atoms with Crippen LogP contribution >= 0.6 is 0 Å². The number of ether oxygens (including phenoxy) is 1. The molecule has 0 saturated carbocycles. The minimum Gasteiger partial charge on any atom is -0.467 e. The molecule has 0 bridgehead atoms. The Kier molecular flexibility index (Phi) is 6.71. The van der Waals surface area contributed by atoms with Crippen molar-refractivity contribution in [1.82, 2.24) is 5.32 Å². The summed E-state index contributed by atoms with van der Waals surface area (Å²) in [4.78, 5) is 37.4. The summed E-state index contributed by atoms with van der Waals surface area (Å²) >= 11 is 0. The first-order valence-corrected chi connectivity index (χ1v) is 9.88. The Morgan fingerprint density at radius 3 is 2.87 bits per heavy atom. The molecule has 0 unspecified atom stereocenters. The maximum Gasteiger partial charge on any atom is 0.338 e. The number of hydrogen-bond donors (Lipinski definition) is 1. The molecule has 3 rings (SSSR count). The lowest BCUT2D eigenvalue weighted by Gasteiger charge is -2.32. The number of carbonyl (C=O) groups excluding carboxylic acids is 2. The van der Waals surface area contributed by atoms with Gasteiger partial charge < -0.3 is 19.4 Å². The molecule has 1 aliphatic rings. The van der Waals surface area contributed by atoms with Crippen molar-refractivity contribution in [2.75, 3.05) is 24.6 Å². The fraction of sp³-hybridized carbons (Fsp3) is 0.429. The molecule has 160 valence electrons. The highest BCUT2D eigenvalue weighted by Gasteiger charge is 2.25. The second kappa shape index (κ2) is 9.43. The Morgan fingerprint density at radius 1 is 1.40 bits per heavy atom. The van der Waals surface area contributed by atoms with Crippen LogP contribution in [0.1, 0.15) is 48.8 Å². The number of nitro benzene ring substituents is 1. The number of nitrogens with zero attached hydrogens (tertiary/aromatic N) is 2. The van der Waals surface area contributed by atoms with Crippen molar-refractivity contribution in [3.8, 4) is 0 Å². The smallest absolute Gasteiger partial charge is 0.338 e. The van der Waals surface area contributed by atoms with E-state index in [9.17, 15) is 19.7 Å². The second-order valence-corrected chi connectivity index (χ2v) is 7.53. The normalized spacial score (nSPS) is 17.3. The molecule has 2 atom stereocenters. The number of anilines is 1. The van der Waals surface area contributed by atoms with Gasteiger partial charge in [-0.3, -0.25) is 14.9 Å². The summed E-state index contributed by atoms with van der Waals surface area (Å²) in [6.07, 6.45) is 3.56. The van der Waals surface area contributed by atoms with Crippen molar-refractivity contribution < 1.29 is 23.7 Å². The topological polar surface area (TPSA) is 115 Å². The SMILES string of the molecule is C[C@H]1CCCN(c2ccc(C(=O)OCC(=O)N[C@@H](C)c3ccco3)cc2[N+](=O)[O-])C1. The molecule has 1 aromatic carbocycles. The first-order valence-electron chi connectivity index (χ1n) is 9.88. The number of carbonyl (C=O) groups is 2. The number of nitrogens with one attached hydrogen (secondary N) is 1. The van der Waals surface area contributed by atoms with Crippen LogP contribution in [0.3, 0.4) is 0 Å². The number of benzene rings is 1. The van der Waals surface area contributed by atoms with Crippen molar-refractivity contribution in [3.05, 3.63) is 58.0 Å². The van der Waals surface area contributed by atoms with Crippen LogP contribution < -0.4 is 10.2 Å². The van der Waals surface area contributed by atoms with Crippen LogP contribution in [0.15, 0.2) is 41.0 Å². The molecule has 1 aliphatic heterocycles. The molecule has 0 radical (unpaired) electrons. The average molecular weight is 415 g/mol. The van der Waals surface area contributed by atoms with Gasteiger partial charge in [0.15, 0.2) is 6.61 Å². The second-order valence-electron chi connectivity index (χ2n) is 7.53. The molecule has 9 heteroatoms. The van der Waals surface area contributed by atoms with Gasteiger partial charge in [0.2, 0.25) is 0 Å². The molecule has 1 saturated heterocycles. The van der Waals surface area contributed by atoms with Gasteiger partial charge in [-0.15, -0.1) is 0 Å². The molecule has 9 nitrogen and oxygen atoms in total. The summed E-state index contributed by atoms with van der Waals surface area (Å²) in [7, 11) is 0. The summed E-state index contributed by atoms with van der Waals surface area (Å²) < 4.78 is 10.2. The molecule has 0 spiro atoms. The predicted octanol–water partition coefficient (Wildman–Crippen LogP) is 3.46. The number of piperidine rings is 1. The first kappa shape index (κ1) is 21.4. The zero-order chi connectivity index (χ0) is 21.7. The number of furan rings is 1. The summed E-state index contributed by atoms with van der Waals surface area (Å²) in [6.45, 7) is 4.83. The number of nitro groups is 1. The molecule has 2 aromatic rings. The Labute approximate surface area is 174 Å². The van der Waals surface area contributed by atoms with E-state index >= 15 is 0 Å². The maximum atomic E-state index is 12.3. The largest absolute Gasteiger partial charge is 0.467 e. The fourth-order valence-electron chi connectivity index (χ4n) is 3.58. The maximum absolute atomic E-state index is 12.3. The highest BCUT2D eigenvalue weighted by atomic mass is 16.6. The van der Waals surface area contributed by atoms with E-state index < -0.39 is 23.4 Å². The van der Waals surface area contributed by atoms with E-state index in [0.717, 1.165) is 25.9 Å². The van der Waals surface area contributed by atoms with Crippen LogP contribution in [0.2, 0.25) is 0 Å². The summed E-state index contributed by atoms with van der Waals surface area (Å²) in [5.41, 5.74) is 0.380. The van der Waals surface area contributed by atoms with Crippen molar-refractivity contribution >= 4 is 23.3 Å². The third-order valence-corrected chi connectivity index (χ3v) is 5.09. The van der Waals surface area contributed by atoms with Crippen LogP contribution in [0.4, 0.5) is 11.4 Å². The molecule has 1 N–H and O–H groups in total. The quantitative estimate of drug-likeness (QED) is 0.418. The third kappa shape index (κ3) is 5.16. The zero-order valence-corrected chi connectivity index (χ0v) is 17.0. The molecule has 1 amide bonds. The van der Waals surface area contributed by atoms with Crippen LogP contribution in [0, 0.1) is 16.0 Å².